The summed E-state index contributed by atoms with van der Waals surface area (Å²) in [5.74, 6) is -1.10. The Hall–Kier alpha value is -2.26. The highest BCUT2D eigenvalue weighted by atomic mass is 32.2. The predicted octanol–water partition coefficient (Wildman–Crippen LogP) is 0.576. The Kier molecular flexibility index (Phi) is 4.14. The van der Waals surface area contributed by atoms with Crippen molar-refractivity contribution in [2.45, 2.75) is 24.7 Å². The fourth-order valence-corrected chi connectivity index (χ4v) is 3.26. The van der Waals surface area contributed by atoms with Crippen molar-refractivity contribution in [3.63, 3.8) is 0 Å². The highest BCUT2D eigenvalue weighted by Crippen LogP contribution is 2.24. The first-order valence-electron chi connectivity index (χ1n) is 7.26. The Bertz CT molecular complexity index is 956. The van der Waals surface area contributed by atoms with E-state index in [0.717, 1.165) is 6.26 Å². The van der Waals surface area contributed by atoms with Gasteiger partial charge < -0.3 is 5.11 Å². The lowest BCUT2D eigenvalue weighted by molar-refractivity contribution is 0.235. The number of hydrogen-bond donors (Lipinski definition) is 2. The largest absolute Gasteiger partial charge is 0.505 e. The summed E-state index contributed by atoms with van der Waals surface area (Å²) in [4.78, 5) is 20.2. The van der Waals surface area contributed by atoms with Gasteiger partial charge in [-0.05, 0) is 12.5 Å². The Morgan fingerprint density at radius 1 is 1.42 bits per heavy atom. The lowest BCUT2D eigenvalue weighted by atomic mass is 10.1. The molecule has 7 nitrogen and oxygen atoms in total. The molecular formula is C15H16FN3O4S. The predicted molar refractivity (Wildman–Crippen MR) is 83.9 cm³/mol. The number of halogens is 1. The van der Waals surface area contributed by atoms with Crippen LogP contribution in [0.5, 0.6) is 5.75 Å². The molecule has 9 heteroatoms. The third-order valence-electron chi connectivity index (χ3n) is 3.95. The van der Waals surface area contributed by atoms with Crippen molar-refractivity contribution in [3.8, 4) is 5.75 Å². The first-order valence-corrected chi connectivity index (χ1v) is 9.15. The summed E-state index contributed by atoms with van der Waals surface area (Å²) in [6.45, 7) is 1.04. The summed E-state index contributed by atoms with van der Waals surface area (Å²) in [5, 5.41) is 9.41. The van der Waals surface area contributed by atoms with E-state index in [1.165, 1.54) is 12.1 Å². The summed E-state index contributed by atoms with van der Waals surface area (Å²) < 4.78 is 36.6. The standard InChI is InChI=1S/C15H16FN3O4S/c1-24(22,23)15-17-12-8-19(6-5-10(12)14(21)18-15)7-9-3-2-4-11(16)13(9)20/h2-4,20H,5-8H2,1H3,(H,17,18,21). The lowest BCUT2D eigenvalue weighted by Crippen LogP contribution is -2.35. The zero-order valence-electron chi connectivity index (χ0n) is 12.9. The van der Waals surface area contributed by atoms with Crippen LogP contribution in [0, 0.1) is 5.82 Å². The average molecular weight is 353 g/mol. The molecule has 128 valence electrons. The number of nitrogens with one attached hydrogen (secondary N) is 1. The van der Waals surface area contributed by atoms with E-state index in [1.807, 2.05) is 4.90 Å². The molecule has 0 bridgehead atoms. The summed E-state index contributed by atoms with van der Waals surface area (Å²) in [7, 11) is -3.62. The molecule has 0 spiro atoms. The van der Waals surface area contributed by atoms with E-state index >= 15 is 0 Å². The number of aromatic nitrogens is 2. The molecule has 2 N–H and O–H groups in total. The van der Waals surface area contributed by atoms with E-state index in [4.69, 9.17) is 0 Å². The molecule has 1 aromatic carbocycles. The molecule has 0 saturated carbocycles. The zero-order chi connectivity index (χ0) is 17.5. The van der Waals surface area contributed by atoms with Gasteiger partial charge in [-0.2, -0.15) is 0 Å². The van der Waals surface area contributed by atoms with E-state index in [9.17, 15) is 22.7 Å². The Labute approximate surface area is 137 Å². The molecule has 0 radical (unpaired) electrons. The van der Waals surface area contributed by atoms with Gasteiger partial charge in [0.2, 0.25) is 15.0 Å². The van der Waals surface area contributed by atoms with E-state index in [1.54, 1.807) is 6.07 Å². The van der Waals surface area contributed by atoms with Crippen LogP contribution < -0.4 is 5.56 Å². The molecule has 0 atom stereocenters. The number of fused-ring (bicyclic) bond motifs is 1. The van der Waals surface area contributed by atoms with Crippen molar-refractivity contribution in [2.75, 3.05) is 12.8 Å². The molecule has 0 fully saturated rings. The molecular weight excluding hydrogens is 337 g/mol. The van der Waals surface area contributed by atoms with Gasteiger partial charge in [0.1, 0.15) is 0 Å². The monoisotopic (exact) mass is 353 g/mol. The highest BCUT2D eigenvalue weighted by Gasteiger charge is 2.24. The average Bonchev–Trinajstić information content (AvgIpc) is 2.50. The fraction of sp³-hybridized carbons (Fsp3) is 0.333. The molecule has 0 unspecified atom stereocenters. The van der Waals surface area contributed by atoms with Crippen molar-refractivity contribution in [1.82, 2.24) is 14.9 Å². The second kappa shape index (κ2) is 5.99. The fourth-order valence-electron chi connectivity index (χ4n) is 2.71. The van der Waals surface area contributed by atoms with Crippen LogP contribution >= 0.6 is 0 Å². The van der Waals surface area contributed by atoms with Crippen molar-refractivity contribution >= 4 is 9.84 Å². The van der Waals surface area contributed by atoms with Crippen LogP contribution in [0.25, 0.3) is 0 Å². The topological polar surface area (TPSA) is 103 Å². The second-order valence-electron chi connectivity index (χ2n) is 5.78. The number of hydrogen-bond acceptors (Lipinski definition) is 6. The number of H-pyrrole nitrogens is 1. The number of phenolic OH excluding ortho intramolecular Hbond substituents is 1. The minimum absolute atomic E-state index is 0.248. The van der Waals surface area contributed by atoms with Crippen LogP contribution in [0.3, 0.4) is 0 Å². The van der Waals surface area contributed by atoms with Crippen molar-refractivity contribution in [1.29, 1.82) is 0 Å². The molecule has 2 aromatic rings. The van der Waals surface area contributed by atoms with Crippen molar-refractivity contribution in [2.24, 2.45) is 0 Å². The van der Waals surface area contributed by atoms with Gasteiger partial charge in [-0.25, -0.2) is 17.8 Å². The van der Waals surface area contributed by atoms with Gasteiger partial charge in [-0.1, -0.05) is 12.1 Å². The Morgan fingerprint density at radius 2 is 2.17 bits per heavy atom. The van der Waals surface area contributed by atoms with Crippen LogP contribution in [0.1, 0.15) is 16.8 Å². The Balaban J connectivity index is 1.90. The zero-order valence-corrected chi connectivity index (χ0v) is 13.7. The number of aromatic amines is 1. The maximum atomic E-state index is 13.4. The first kappa shape index (κ1) is 16.6. The van der Waals surface area contributed by atoms with E-state index in [0.29, 0.717) is 29.8 Å². The third-order valence-corrected chi connectivity index (χ3v) is 4.84. The molecule has 0 saturated heterocycles. The summed E-state index contributed by atoms with van der Waals surface area (Å²) in [5.41, 5.74) is 0.823. The van der Waals surface area contributed by atoms with Gasteiger partial charge in [0.05, 0.1) is 5.69 Å². The van der Waals surface area contributed by atoms with Crippen LogP contribution in [0.4, 0.5) is 4.39 Å². The van der Waals surface area contributed by atoms with Gasteiger partial charge in [-0.15, -0.1) is 0 Å². The number of para-hydroxylation sites is 1. The number of sulfone groups is 1. The summed E-state index contributed by atoms with van der Waals surface area (Å²) in [6.07, 6.45) is 1.38. The van der Waals surface area contributed by atoms with Gasteiger partial charge in [0.15, 0.2) is 11.6 Å². The SMILES string of the molecule is CS(=O)(=O)c1nc2c(c(=O)[nH]1)CCN(Cc1cccc(F)c1O)C2. The molecule has 1 aliphatic rings. The van der Waals surface area contributed by atoms with E-state index in [2.05, 4.69) is 9.97 Å². The van der Waals surface area contributed by atoms with E-state index < -0.39 is 27.0 Å². The molecule has 2 heterocycles. The normalized spacial score (nSPS) is 15.2. The van der Waals surface area contributed by atoms with Gasteiger partial charge in [0.25, 0.3) is 5.56 Å². The van der Waals surface area contributed by atoms with Crippen LogP contribution in [-0.2, 0) is 29.3 Å². The van der Waals surface area contributed by atoms with Gasteiger partial charge in [-0.3, -0.25) is 14.7 Å². The minimum Gasteiger partial charge on any atom is -0.505 e. The number of nitrogens with zero attached hydrogens (tertiary/aromatic N) is 2. The van der Waals surface area contributed by atoms with Crippen molar-refractivity contribution < 1.29 is 17.9 Å². The minimum atomic E-state index is -3.62. The lowest BCUT2D eigenvalue weighted by Gasteiger charge is -2.27. The maximum absolute atomic E-state index is 13.4. The second-order valence-corrected chi connectivity index (χ2v) is 7.71. The number of aromatic hydroxyl groups is 1. The summed E-state index contributed by atoms with van der Waals surface area (Å²) in [6, 6.07) is 4.29. The highest BCUT2D eigenvalue weighted by molar-refractivity contribution is 7.90. The van der Waals surface area contributed by atoms with Gasteiger partial charge in [0, 0.05) is 37.0 Å². The molecule has 3 rings (SSSR count). The smallest absolute Gasteiger partial charge is 0.255 e. The third kappa shape index (κ3) is 3.17. The van der Waals surface area contributed by atoms with Gasteiger partial charge >= 0.3 is 0 Å². The molecule has 1 aliphatic heterocycles. The number of benzene rings is 1. The van der Waals surface area contributed by atoms with Crippen LogP contribution in [-0.4, -0.2) is 41.2 Å². The Morgan fingerprint density at radius 3 is 2.88 bits per heavy atom. The molecule has 1 aromatic heterocycles. The van der Waals surface area contributed by atoms with E-state index in [-0.39, 0.29) is 18.2 Å². The van der Waals surface area contributed by atoms with Crippen molar-refractivity contribution in [3.05, 3.63) is 51.2 Å². The summed E-state index contributed by atoms with van der Waals surface area (Å²) >= 11 is 0. The number of rotatable bonds is 3. The first-order chi connectivity index (χ1) is 11.3. The molecule has 0 aliphatic carbocycles. The maximum Gasteiger partial charge on any atom is 0.255 e. The van der Waals surface area contributed by atoms with Crippen LogP contribution in [0.15, 0.2) is 28.2 Å². The quantitative estimate of drug-likeness (QED) is 0.782. The molecule has 24 heavy (non-hydrogen) atoms. The number of phenols is 1. The van der Waals surface area contributed by atoms with Crippen LogP contribution in [0.2, 0.25) is 0 Å². The molecule has 0 amide bonds.